The molecule has 1 aliphatic heterocycles. The number of halogens is 2. The summed E-state index contributed by atoms with van der Waals surface area (Å²) in [7, 11) is -1.73. The van der Waals surface area contributed by atoms with Gasteiger partial charge in [-0.15, -0.1) is 24.0 Å². The van der Waals surface area contributed by atoms with Crippen molar-refractivity contribution in [1.82, 2.24) is 14.9 Å². The van der Waals surface area contributed by atoms with Crippen LogP contribution in [0.15, 0.2) is 59.6 Å². The Morgan fingerprint density at radius 2 is 1.68 bits per heavy atom. The number of nitrogens with one attached hydrogen (secondary N) is 2. The highest BCUT2D eigenvalue weighted by Gasteiger charge is 2.21. The monoisotopic (exact) mass is 561 g/mol. The van der Waals surface area contributed by atoms with E-state index in [1.807, 2.05) is 41.3 Å². The van der Waals surface area contributed by atoms with Crippen molar-refractivity contribution in [3.8, 4) is 0 Å². The average Bonchev–Trinajstić information content (AvgIpc) is 2.77. The van der Waals surface area contributed by atoms with Gasteiger partial charge in [0.15, 0.2) is 5.96 Å². The third-order valence-corrected chi connectivity index (χ3v) is 6.30. The molecule has 0 spiro atoms. The van der Waals surface area contributed by atoms with E-state index in [1.54, 1.807) is 19.2 Å². The van der Waals surface area contributed by atoms with Crippen LogP contribution in [0, 0.1) is 5.82 Å². The quantitative estimate of drug-likeness (QED) is 0.308. The van der Waals surface area contributed by atoms with Crippen molar-refractivity contribution >= 4 is 45.6 Å². The second-order valence-electron chi connectivity index (χ2n) is 7.03. The number of nitrogens with zero attached hydrogens (tertiary/aromatic N) is 3. The van der Waals surface area contributed by atoms with Gasteiger partial charge < -0.3 is 15.1 Å². The zero-order valence-electron chi connectivity index (χ0n) is 17.5. The van der Waals surface area contributed by atoms with E-state index in [0.29, 0.717) is 37.8 Å². The molecule has 1 saturated heterocycles. The Morgan fingerprint density at radius 3 is 2.32 bits per heavy atom. The molecule has 3 rings (SSSR count). The lowest BCUT2D eigenvalue weighted by Crippen LogP contribution is -2.53. The van der Waals surface area contributed by atoms with E-state index in [9.17, 15) is 12.8 Å². The Labute approximate surface area is 200 Å². The molecule has 2 N–H and O–H groups in total. The molecule has 0 atom stereocenters. The molecule has 2 aromatic carbocycles. The van der Waals surface area contributed by atoms with Crippen LogP contribution in [0.25, 0.3) is 0 Å². The van der Waals surface area contributed by atoms with Crippen LogP contribution in [0.5, 0.6) is 0 Å². The van der Waals surface area contributed by atoms with Crippen LogP contribution in [0.3, 0.4) is 0 Å². The summed E-state index contributed by atoms with van der Waals surface area (Å²) in [6, 6.07) is 16.2. The van der Waals surface area contributed by atoms with Crippen molar-refractivity contribution in [3.05, 3.63) is 66.0 Å². The maximum Gasteiger partial charge on any atom is 0.213 e. The van der Waals surface area contributed by atoms with Crippen LogP contribution in [0.1, 0.15) is 5.56 Å². The Kier molecular flexibility index (Phi) is 9.97. The van der Waals surface area contributed by atoms with Gasteiger partial charge in [0.25, 0.3) is 0 Å². The van der Waals surface area contributed by atoms with Gasteiger partial charge in [-0.1, -0.05) is 42.5 Å². The fraction of sp³-hybridized carbons (Fsp3) is 0.381. The lowest BCUT2D eigenvalue weighted by atomic mass is 10.2. The molecular weight excluding hydrogens is 532 g/mol. The number of anilines is 1. The Bertz CT molecular complexity index is 951. The minimum Gasteiger partial charge on any atom is -0.366 e. The molecule has 0 aromatic heterocycles. The van der Waals surface area contributed by atoms with Gasteiger partial charge in [0.1, 0.15) is 5.82 Å². The zero-order chi connectivity index (χ0) is 21.4. The minimum atomic E-state index is -3.40. The maximum atomic E-state index is 14.0. The van der Waals surface area contributed by atoms with Crippen molar-refractivity contribution < 1.29 is 12.8 Å². The molecule has 0 bridgehead atoms. The summed E-state index contributed by atoms with van der Waals surface area (Å²) >= 11 is 0. The lowest BCUT2D eigenvalue weighted by molar-refractivity contribution is 0.371. The standard InChI is InChI=1S/C21H28FN5O2S.HI/c1-23-21(24-11-16-30(28,29)25-17-18-7-3-2-4-8-18)27-14-12-26(13-15-27)20-10-6-5-9-19(20)22;/h2-10,25H,11-17H2,1H3,(H,23,24);1H. The molecule has 1 aliphatic rings. The third kappa shape index (κ3) is 7.62. The molecular formula is C21H29FIN5O2S. The Hall–Kier alpha value is -1.92. The van der Waals surface area contributed by atoms with Gasteiger partial charge in [-0.2, -0.15) is 0 Å². The number of hydrogen-bond donors (Lipinski definition) is 2. The molecule has 0 aliphatic carbocycles. The summed E-state index contributed by atoms with van der Waals surface area (Å²) < 4.78 is 41.1. The van der Waals surface area contributed by atoms with Crippen LogP contribution in [-0.2, 0) is 16.6 Å². The van der Waals surface area contributed by atoms with E-state index >= 15 is 0 Å². The molecule has 2 aromatic rings. The molecule has 0 saturated carbocycles. The van der Waals surface area contributed by atoms with E-state index in [-0.39, 0.29) is 48.6 Å². The van der Waals surface area contributed by atoms with Gasteiger partial charge in [-0.05, 0) is 17.7 Å². The van der Waals surface area contributed by atoms with Crippen LogP contribution in [-0.4, -0.2) is 64.8 Å². The van der Waals surface area contributed by atoms with Crippen molar-refractivity contribution in [1.29, 1.82) is 0 Å². The minimum absolute atomic E-state index is 0. The molecule has 31 heavy (non-hydrogen) atoms. The van der Waals surface area contributed by atoms with E-state index in [2.05, 4.69) is 19.9 Å². The van der Waals surface area contributed by atoms with Crippen LogP contribution in [0.4, 0.5) is 10.1 Å². The summed E-state index contributed by atoms with van der Waals surface area (Å²) in [5.41, 5.74) is 1.52. The van der Waals surface area contributed by atoms with Crippen molar-refractivity contribution in [3.63, 3.8) is 0 Å². The second kappa shape index (κ2) is 12.2. The van der Waals surface area contributed by atoms with Crippen LogP contribution >= 0.6 is 24.0 Å². The largest absolute Gasteiger partial charge is 0.366 e. The Balaban J connectivity index is 0.00000341. The van der Waals surface area contributed by atoms with Crippen LogP contribution in [0.2, 0.25) is 0 Å². The smallest absolute Gasteiger partial charge is 0.213 e. The maximum absolute atomic E-state index is 14.0. The summed E-state index contributed by atoms with van der Waals surface area (Å²) in [5, 5.41) is 3.12. The number of guanidine groups is 1. The van der Waals surface area contributed by atoms with Gasteiger partial charge >= 0.3 is 0 Å². The molecule has 0 amide bonds. The predicted molar refractivity (Wildman–Crippen MR) is 134 cm³/mol. The highest BCUT2D eigenvalue weighted by Crippen LogP contribution is 2.20. The van der Waals surface area contributed by atoms with E-state index in [4.69, 9.17) is 0 Å². The summed E-state index contributed by atoms with van der Waals surface area (Å²) in [4.78, 5) is 8.33. The number of sulfonamides is 1. The molecule has 1 fully saturated rings. The predicted octanol–water partition coefficient (Wildman–Crippen LogP) is 2.26. The lowest BCUT2D eigenvalue weighted by Gasteiger charge is -2.37. The van der Waals surface area contributed by atoms with E-state index in [1.165, 1.54) is 6.07 Å². The average molecular weight is 561 g/mol. The fourth-order valence-electron chi connectivity index (χ4n) is 3.36. The number of benzene rings is 2. The van der Waals surface area contributed by atoms with E-state index < -0.39 is 10.0 Å². The fourth-order valence-corrected chi connectivity index (χ4v) is 4.26. The third-order valence-electron chi connectivity index (χ3n) is 4.98. The molecule has 1 heterocycles. The molecule has 0 unspecified atom stereocenters. The summed E-state index contributed by atoms with van der Waals surface area (Å²) in [5.74, 6) is 0.386. The van der Waals surface area contributed by atoms with Gasteiger partial charge in [0.2, 0.25) is 10.0 Å². The van der Waals surface area contributed by atoms with E-state index in [0.717, 1.165) is 5.56 Å². The molecule has 10 heteroatoms. The zero-order valence-corrected chi connectivity index (χ0v) is 20.6. The number of rotatable bonds is 7. The highest BCUT2D eigenvalue weighted by atomic mass is 127. The van der Waals surface area contributed by atoms with Crippen LogP contribution < -0.4 is 14.9 Å². The number of hydrogen-bond acceptors (Lipinski definition) is 4. The highest BCUT2D eigenvalue weighted by molar-refractivity contribution is 14.0. The van der Waals surface area contributed by atoms with Gasteiger partial charge in [-0.25, -0.2) is 17.5 Å². The van der Waals surface area contributed by atoms with Gasteiger partial charge in [0.05, 0.1) is 11.4 Å². The number of piperazine rings is 1. The number of aliphatic imine (C=N–C) groups is 1. The topological polar surface area (TPSA) is 77.0 Å². The van der Waals surface area contributed by atoms with Gasteiger partial charge in [0, 0.05) is 46.3 Å². The summed E-state index contributed by atoms with van der Waals surface area (Å²) in [6.07, 6.45) is 0. The molecule has 170 valence electrons. The van der Waals surface area contributed by atoms with Crippen molar-refractivity contribution in [2.75, 3.05) is 50.4 Å². The Morgan fingerprint density at radius 1 is 1.03 bits per heavy atom. The molecule has 0 radical (unpaired) electrons. The normalized spacial score (nSPS) is 14.8. The first-order chi connectivity index (χ1) is 14.5. The van der Waals surface area contributed by atoms with Crippen molar-refractivity contribution in [2.45, 2.75) is 6.54 Å². The first-order valence-electron chi connectivity index (χ1n) is 9.95. The number of para-hydroxylation sites is 1. The van der Waals surface area contributed by atoms with Crippen molar-refractivity contribution in [2.24, 2.45) is 4.99 Å². The van der Waals surface area contributed by atoms with Gasteiger partial charge in [-0.3, -0.25) is 4.99 Å². The summed E-state index contributed by atoms with van der Waals surface area (Å²) in [6.45, 7) is 3.21. The second-order valence-corrected chi connectivity index (χ2v) is 8.95. The SMILES string of the molecule is CN=C(NCCS(=O)(=O)NCc1ccccc1)N1CCN(c2ccccc2F)CC1.I. The first kappa shape index (κ1) is 25.3. The first-order valence-corrected chi connectivity index (χ1v) is 11.6. The molecule has 7 nitrogen and oxygen atoms in total.